The topological polar surface area (TPSA) is 0 Å². The molecule has 0 heterocycles. The van der Waals surface area contributed by atoms with E-state index < -0.39 is 0 Å². The predicted octanol–water partition coefficient (Wildman–Crippen LogP) is 6.04. The molecule has 0 saturated carbocycles. The summed E-state index contributed by atoms with van der Waals surface area (Å²) in [4.78, 5) is 0.273. The summed E-state index contributed by atoms with van der Waals surface area (Å²) in [6, 6.07) is 15.5. The molecule has 2 heteroatoms. The Hall–Kier alpha value is -0.350. The highest BCUT2D eigenvalue weighted by Crippen LogP contribution is 2.34. The van der Waals surface area contributed by atoms with Crippen molar-refractivity contribution >= 4 is 38.5 Å². The van der Waals surface area contributed by atoms with Crippen LogP contribution in [0.1, 0.15) is 40.4 Å². The minimum atomic E-state index is 0.273. The molecule has 0 aromatic heterocycles. The second-order valence-corrected chi connectivity index (χ2v) is 6.83. The smallest absolute Gasteiger partial charge is 0.0655 e. The molecule has 0 nitrogen and oxygen atoms in total. The first-order valence-electron chi connectivity index (χ1n) is 6.61. The van der Waals surface area contributed by atoms with E-state index in [0.717, 1.165) is 6.42 Å². The van der Waals surface area contributed by atoms with E-state index in [1.165, 1.54) is 32.2 Å². The highest BCUT2D eigenvalue weighted by atomic mass is 127. The minimum Gasteiger partial charge on any atom is -0.0786 e. The molecule has 0 fully saturated rings. The second kappa shape index (κ2) is 6.89. The summed E-state index contributed by atoms with van der Waals surface area (Å²) in [6.45, 7) is 4.38. The van der Waals surface area contributed by atoms with Crippen molar-refractivity contribution in [3.8, 4) is 0 Å². The normalized spacial score (nSPS) is 12.4. The average molecular weight is 429 g/mol. The molecular weight excluding hydrogens is 411 g/mol. The van der Waals surface area contributed by atoms with Crippen molar-refractivity contribution in [2.24, 2.45) is 0 Å². The SMILES string of the molecule is CCCc1ccc(C(Br)c2cccc(C)c2I)cc1. The lowest BCUT2D eigenvalue weighted by molar-refractivity contribution is 0.920. The van der Waals surface area contributed by atoms with Crippen LogP contribution < -0.4 is 0 Å². The summed E-state index contributed by atoms with van der Waals surface area (Å²) in [5.74, 6) is 0. The fourth-order valence-electron chi connectivity index (χ4n) is 2.19. The van der Waals surface area contributed by atoms with Gasteiger partial charge >= 0.3 is 0 Å². The molecule has 0 aliphatic heterocycles. The zero-order valence-corrected chi connectivity index (χ0v) is 15.0. The van der Waals surface area contributed by atoms with Gasteiger partial charge in [-0.15, -0.1) is 0 Å². The molecule has 1 unspecified atom stereocenters. The van der Waals surface area contributed by atoms with E-state index in [0.29, 0.717) is 0 Å². The van der Waals surface area contributed by atoms with Gasteiger partial charge < -0.3 is 0 Å². The summed E-state index contributed by atoms with van der Waals surface area (Å²) in [7, 11) is 0. The fourth-order valence-corrected chi connectivity index (χ4v) is 3.97. The first-order valence-corrected chi connectivity index (χ1v) is 8.61. The van der Waals surface area contributed by atoms with E-state index >= 15 is 0 Å². The number of benzene rings is 2. The van der Waals surface area contributed by atoms with Crippen LogP contribution in [-0.2, 0) is 6.42 Å². The van der Waals surface area contributed by atoms with Crippen molar-refractivity contribution in [2.45, 2.75) is 31.5 Å². The summed E-state index contributed by atoms with van der Waals surface area (Å²) in [5.41, 5.74) is 5.43. The Morgan fingerprint density at radius 3 is 2.42 bits per heavy atom. The fraction of sp³-hybridized carbons (Fsp3) is 0.294. The van der Waals surface area contributed by atoms with E-state index in [4.69, 9.17) is 0 Å². The molecule has 0 amide bonds. The number of hydrogen-bond donors (Lipinski definition) is 0. The van der Waals surface area contributed by atoms with Crippen LogP contribution in [0.2, 0.25) is 0 Å². The molecule has 1 atom stereocenters. The first-order chi connectivity index (χ1) is 9.13. The molecule has 2 aromatic rings. The van der Waals surface area contributed by atoms with Gasteiger partial charge in [-0.2, -0.15) is 0 Å². The van der Waals surface area contributed by atoms with Gasteiger partial charge in [0.25, 0.3) is 0 Å². The molecule has 0 aliphatic carbocycles. The van der Waals surface area contributed by atoms with Gasteiger partial charge in [0.15, 0.2) is 0 Å². The van der Waals surface area contributed by atoms with Crippen molar-refractivity contribution in [1.29, 1.82) is 0 Å². The predicted molar refractivity (Wildman–Crippen MR) is 95.1 cm³/mol. The largest absolute Gasteiger partial charge is 0.0786 e. The van der Waals surface area contributed by atoms with Gasteiger partial charge in [-0.3, -0.25) is 0 Å². The molecule has 2 rings (SSSR count). The minimum absolute atomic E-state index is 0.273. The van der Waals surface area contributed by atoms with Gasteiger partial charge in [-0.1, -0.05) is 71.7 Å². The van der Waals surface area contributed by atoms with Crippen molar-refractivity contribution in [3.05, 3.63) is 68.3 Å². The molecule has 0 bridgehead atoms. The zero-order chi connectivity index (χ0) is 13.8. The van der Waals surface area contributed by atoms with E-state index in [1.807, 2.05) is 0 Å². The molecule has 0 radical (unpaired) electrons. The Kier molecular flexibility index (Phi) is 5.46. The lowest BCUT2D eigenvalue weighted by atomic mass is 10.0. The van der Waals surface area contributed by atoms with E-state index in [1.54, 1.807) is 0 Å². The highest BCUT2D eigenvalue weighted by molar-refractivity contribution is 14.1. The van der Waals surface area contributed by atoms with Crippen LogP contribution in [0.3, 0.4) is 0 Å². The standard InChI is InChI=1S/C17H18BrI/c1-3-5-13-8-10-14(11-9-13)16(18)15-7-4-6-12(2)17(15)19/h4,6-11,16H,3,5H2,1-2H3. The van der Waals surface area contributed by atoms with Crippen LogP contribution in [0.25, 0.3) is 0 Å². The summed E-state index contributed by atoms with van der Waals surface area (Å²) in [5, 5.41) is 0. The lowest BCUT2D eigenvalue weighted by Crippen LogP contribution is -1.98. The van der Waals surface area contributed by atoms with Crippen LogP contribution >= 0.6 is 38.5 Å². The van der Waals surface area contributed by atoms with Gasteiger partial charge in [0.05, 0.1) is 4.83 Å². The number of rotatable bonds is 4. The molecule has 2 aromatic carbocycles. The van der Waals surface area contributed by atoms with Crippen LogP contribution in [0.4, 0.5) is 0 Å². The molecule has 0 saturated heterocycles. The number of hydrogen-bond acceptors (Lipinski definition) is 0. The van der Waals surface area contributed by atoms with Crippen LogP contribution in [0.5, 0.6) is 0 Å². The lowest BCUT2D eigenvalue weighted by Gasteiger charge is -2.14. The van der Waals surface area contributed by atoms with Crippen LogP contribution in [-0.4, -0.2) is 0 Å². The summed E-state index contributed by atoms with van der Waals surface area (Å²) < 4.78 is 1.35. The molecule has 19 heavy (non-hydrogen) atoms. The molecule has 100 valence electrons. The third-order valence-electron chi connectivity index (χ3n) is 3.31. The molecular formula is C17H18BrI. The van der Waals surface area contributed by atoms with E-state index in [2.05, 4.69) is 94.8 Å². The molecule has 0 aliphatic rings. The monoisotopic (exact) mass is 428 g/mol. The summed E-state index contributed by atoms with van der Waals surface area (Å²) >= 11 is 6.27. The molecule has 0 spiro atoms. The number of alkyl halides is 1. The van der Waals surface area contributed by atoms with Crippen molar-refractivity contribution in [1.82, 2.24) is 0 Å². The van der Waals surface area contributed by atoms with Gasteiger partial charge in [0.1, 0.15) is 0 Å². The van der Waals surface area contributed by atoms with E-state index in [9.17, 15) is 0 Å². The Morgan fingerprint density at radius 2 is 1.79 bits per heavy atom. The maximum atomic E-state index is 3.84. The Balaban J connectivity index is 2.28. The van der Waals surface area contributed by atoms with E-state index in [-0.39, 0.29) is 4.83 Å². The first kappa shape index (κ1) is 15.0. The van der Waals surface area contributed by atoms with Crippen molar-refractivity contribution in [2.75, 3.05) is 0 Å². The maximum absolute atomic E-state index is 3.84. The zero-order valence-electron chi connectivity index (χ0n) is 11.3. The number of halogens is 2. The Labute approximate surface area is 137 Å². The quantitative estimate of drug-likeness (QED) is 0.411. The Bertz CT molecular complexity index is 546. The van der Waals surface area contributed by atoms with Crippen molar-refractivity contribution in [3.63, 3.8) is 0 Å². The Morgan fingerprint density at radius 1 is 1.11 bits per heavy atom. The van der Waals surface area contributed by atoms with Gasteiger partial charge in [-0.25, -0.2) is 0 Å². The summed E-state index contributed by atoms with van der Waals surface area (Å²) in [6.07, 6.45) is 2.36. The highest BCUT2D eigenvalue weighted by Gasteiger charge is 2.14. The van der Waals surface area contributed by atoms with Crippen molar-refractivity contribution < 1.29 is 0 Å². The van der Waals surface area contributed by atoms with Gasteiger partial charge in [-0.05, 0) is 58.2 Å². The number of aryl methyl sites for hydroxylation is 2. The molecule has 0 N–H and O–H groups in total. The third-order valence-corrected chi connectivity index (χ3v) is 5.80. The third kappa shape index (κ3) is 3.60. The van der Waals surface area contributed by atoms with Gasteiger partial charge in [0.2, 0.25) is 0 Å². The van der Waals surface area contributed by atoms with Crippen LogP contribution in [0, 0.1) is 10.5 Å². The van der Waals surface area contributed by atoms with Crippen LogP contribution in [0.15, 0.2) is 42.5 Å². The van der Waals surface area contributed by atoms with Gasteiger partial charge in [0, 0.05) is 3.57 Å². The average Bonchev–Trinajstić information content (AvgIpc) is 2.42. The maximum Gasteiger partial charge on any atom is 0.0655 e. The second-order valence-electron chi connectivity index (χ2n) is 4.83.